The van der Waals surface area contributed by atoms with E-state index in [4.69, 9.17) is 11.6 Å². The third-order valence-corrected chi connectivity index (χ3v) is 3.23. The number of aryl methyl sites for hydroxylation is 1. The Morgan fingerprint density at radius 1 is 1.19 bits per heavy atom. The molecule has 0 radical (unpaired) electrons. The summed E-state index contributed by atoms with van der Waals surface area (Å²) in [6, 6.07) is 11.2. The Morgan fingerprint density at radius 3 is 2.62 bits per heavy atom. The normalized spacial score (nSPS) is 10.2. The average Bonchev–Trinajstić information content (AvgIpc) is 2.45. The Kier molecular flexibility index (Phi) is 5.17. The maximum Gasteiger partial charge on any atom is 0.226 e. The van der Waals surface area contributed by atoms with Gasteiger partial charge in [-0.15, -0.1) is 0 Å². The van der Waals surface area contributed by atoms with Gasteiger partial charge in [0.05, 0.1) is 0 Å². The lowest BCUT2D eigenvalue weighted by Gasteiger charge is -2.10. The lowest BCUT2D eigenvalue weighted by atomic mass is 10.2. The smallest absolute Gasteiger partial charge is 0.226 e. The van der Waals surface area contributed by atoms with E-state index < -0.39 is 0 Å². The summed E-state index contributed by atoms with van der Waals surface area (Å²) in [6.07, 6.45) is 0.309. The van der Waals surface area contributed by atoms with Crippen molar-refractivity contribution < 1.29 is 9.18 Å². The van der Waals surface area contributed by atoms with E-state index in [1.807, 2.05) is 25.1 Å². The number of benzene rings is 2. The van der Waals surface area contributed by atoms with Gasteiger partial charge in [0.15, 0.2) is 0 Å². The SMILES string of the molecule is Cc1ccc(Cl)cc1NCCC(=O)Nc1ccc(F)cc1. The molecule has 0 atom stereocenters. The molecule has 2 rings (SSSR count). The van der Waals surface area contributed by atoms with Crippen molar-refractivity contribution in [3.63, 3.8) is 0 Å². The van der Waals surface area contributed by atoms with Crippen molar-refractivity contribution in [3.05, 3.63) is 58.9 Å². The third kappa shape index (κ3) is 4.76. The summed E-state index contributed by atoms with van der Waals surface area (Å²) in [6.45, 7) is 2.46. The van der Waals surface area contributed by atoms with Gasteiger partial charge >= 0.3 is 0 Å². The highest BCUT2D eigenvalue weighted by Gasteiger charge is 2.04. The van der Waals surface area contributed by atoms with Gasteiger partial charge in [-0.1, -0.05) is 17.7 Å². The molecule has 0 spiro atoms. The number of hydrogen-bond acceptors (Lipinski definition) is 2. The zero-order valence-corrected chi connectivity index (χ0v) is 12.4. The zero-order valence-electron chi connectivity index (χ0n) is 11.6. The second-order valence-electron chi connectivity index (χ2n) is 4.69. The zero-order chi connectivity index (χ0) is 15.2. The first kappa shape index (κ1) is 15.3. The van der Waals surface area contributed by atoms with E-state index in [9.17, 15) is 9.18 Å². The van der Waals surface area contributed by atoms with Crippen molar-refractivity contribution in [3.8, 4) is 0 Å². The molecule has 0 saturated heterocycles. The fourth-order valence-corrected chi connectivity index (χ4v) is 2.02. The van der Waals surface area contributed by atoms with Gasteiger partial charge in [-0.2, -0.15) is 0 Å². The maximum absolute atomic E-state index is 12.8. The second-order valence-corrected chi connectivity index (χ2v) is 5.13. The highest BCUT2D eigenvalue weighted by molar-refractivity contribution is 6.30. The van der Waals surface area contributed by atoms with Crippen LogP contribution < -0.4 is 10.6 Å². The minimum absolute atomic E-state index is 0.131. The predicted molar refractivity (Wildman–Crippen MR) is 84.3 cm³/mol. The van der Waals surface area contributed by atoms with Crippen molar-refractivity contribution in [1.29, 1.82) is 0 Å². The van der Waals surface area contributed by atoms with Crippen LogP contribution in [-0.2, 0) is 4.79 Å². The van der Waals surface area contributed by atoms with Gasteiger partial charge in [0.2, 0.25) is 5.91 Å². The molecule has 0 aliphatic rings. The first-order valence-electron chi connectivity index (χ1n) is 6.60. The van der Waals surface area contributed by atoms with Crippen LogP contribution in [0.3, 0.4) is 0 Å². The third-order valence-electron chi connectivity index (χ3n) is 3.00. The summed E-state index contributed by atoms with van der Waals surface area (Å²) >= 11 is 5.93. The lowest BCUT2D eigenvalue weighted by molar-refractivity contribution is -0.115. The molecule has 2 aromatic rings. The quantitative estimate of drug-likeness (QED) is 0.868. The molecular weight excluding hydrogens is 291 g/mol. The Morgan fingerprint density at radius 2 is 1.90 bits per heavy atom. The van der Waals surface area contributed by atoms with Crippen LogP contribution in [0.1, 0.15) is 12.0 Å². The molecule has 0 aliphatic heterocycles. The Hall–Kier alpha value is -2.07. The molecule has 0 aromatic heterocycles. The van der Waals surface area contributed by atoms with Crippen LogP contribution in [0.5, 0.6) is 0 Å². The number of carbonyl (C=O) groups excluding carboxylic acids is 1. The molecule has 0 heterocycles. The molecule has 110 valence electrons. The van der Waals surface area contributed by atoms with Crippen molar-refractivity contribution >= 4 is 28.9 Å². The van der Waals surface area contributed by atoms with Gasteiger partial charge in [-0.3, -0.25) is 4.79 Å². The monoisotopic (exact) mass is 306 g/mol. The van der Waals surface area contributed by atoms with Gasteiger partial charge < -0.3 is 10.6 Å². The van der Waals surface area contributed by atoms with Gasteiger partial charge in [-0.05, 0) is 48.9 Å². The number of nitrogens with one attached hydrogen (secondary N) is 2. The van der Waals surface area contributed by atoms with Gasteiger partial charge in [-0.25, -0.2) is 4.39 Å². The summed E-state index contributed by atoms with van der Waals surface area (Å²) in [5.74, 6) is -0.458. The minimum atomic E-state index is -0.328. The van der Waals surface area contributed by atoms with E-state index in [-0.39, 0.29) is 11.7 Å². The maximum atomic E-state index is 12.8. The summed E-state index contributed by atoms with van der Waals surface area (Å²) in [7, 11) is 0. The molecule has 0 aliphatic carbocycles. The van der Waals surface area contributed by atoms with Crippen LogP contribution in [0.15, 0.2) is 42.5 Å². The van der Waals surface area contributed by atoms with Crippen molar-refractivity contribution in [2.45, 2.75) is 13.3 Å². The molecule has 3 nitrogen and oxygen atoms in total. The Labute approximate surface area is 128 Å². The Bertz CT molecular complexity index is 629. The fraction of sp³-hybridized carbons (Fsp3) is 0.188. The highest BCUT2D eigenvalue weighted by atomic mass is 35.5. The summed E-state index contributed by atoms with van der Waals surface area (Å²) in [5.41, 5.74) is 2.57. The van der Waals surface area contributed by atoms with Crippen LogP contribution >= 0.6 is 11.6 Å². The summed E-state index contributed by atoms with van der Waals surface area (Å²) in [4.78, 5) is 11.8. The van der Waals surface area contributed by atoms with Crippen molar-refractivity contribution in [1.82, 2.24) is 0 Å². The highest BCUT2D eigenvalue weighted by Crippen LogP contribution is 2.20. The van der Waals surface area contributed by atoms with Gasteiger partial charge in [0.1, 0.15) is 5.82 Å². The van der Waals surface area contributed by atoms with Crippen LogP contribution in [0.2, 0.25) is 5.02 Å². The topological polar surface area (TPSA) is 41.1 Å². The molecule has 2 aromatic carbocycles. The number of anilines is 2. The van der Waals surface area contributed by atoms with E-state index in [1.54, 1.807) is 0 Å². The van der Waals surface area contributed by atoms with Crippen LogP contribution in [-0.4, -0.2) is 12.5 Å². The largest absolute Gasteiger partial charge is 0.384 e. The molecule has 5 heteroatoms. The fourth-order valence-electron chi connectivity index (χ4n) is 1.85. The number of carbonyl (C=O) groups is 1. The van der Waals surface area contributed by atoms with Crippen LogP contribution in [0.4, 0.5) is 15.8 Å². The molecule has 2 N–H and O–H groups in total. The molecule has 21 heavy (non-hydrogen) atoms. The predicted octanol–water partition coefficient (Wildman–Crippen LogP) is 4.23. The Balaban J connectivity index is 1.81. The second kappa shape index (κ2) is 7.09. The van der Waals surface area contributed by atoms with E-state index in [0.29, 0.717) is 23.7 Å². The van der Waals surface area contributed by atoms with Crippen molar-refractivity contribution in [2.24, 2.45) is 0 Å². The first-order chi connectivity index (χ1) is 10.0. The number of amides is 1. The number of halogens is 2. The van der Waals surface area contributed by atoms with Gasteiger partial charge in [0, 0.05) is 29.4 Å². The standard InChI is InChI=1S/C16H16ClFN2O/c1-11-2-3-12(17)10-15(11)19-9-8-16(21)20-14-6-4-13(18)5-7-14/h2-7,10,19H,8-9H2,1H3,(H,20,21). The van der Waals surface area contributed by atoms with E-state index in [0.717, 1.165) is 11.3 Å². The van der Waals surface area contributed by atoms with E-state index >= 15 is 0 Å². The summed E-state index contributed by atoms with van der Waals surface area (Å²) in [5, 5.41) is 6.54. The minimum Gasteiger partial charge on any atom is -0.384 e. The number of rotatable bonds is 5. The molecular formula is C16H16ClFN2O. The van der Waals surface area contributed by atoms with E-state index in [1.165, 1.54) is 24.3 Å². The number of hydrogen-bond donors (Lipinski definition) is 2. The van der Waals surface area contributed by atoms with Crippen LogP contribution in [0.25, 0.3) is 0 Å². The first-order valence-corrected chi connectivity index (χ1v) is 6.98. The lowest BCUT2D eigenvalue weighted by Crippen LogP contribution is -2.16. The molecule has 0 fully saturated rings. The van der Waals surface area contributed by atoms with E-state index in [2.05, 4.69) is 10.6 Å². The summed E-state index contributed by atoms with van der Waals surface area (Å²) < 4.78 is 12.8. The van der Waals surface area contributed by atoms with Crippen molar-refractivity contribution in [2.75, 3.05) is 17.2 Å². The molecule has 1 amide bonds. The average molecular weight is 307 g/mol. The molecule has 0 unspecified atom stereocenters. The molecule has 0 saturated carbocycles. The molecule has 0 bridgehead atoms. The van der Waals surface area contributed by atoms with Crippen LogP contribution in [0, 0.1) is 12.7 Å². The van der Waals surface area contributed by atoms with Gasteiger partial charge in [0.25, 0.3) is 0 Å².